The molecule has 0 aliphatic carbocycles. The molecule has 0 spiro atoms. The molecule has 2 atom stereocenters. The van der Waals surface area contributed by atoms with Crippen LogP contribution in [0.15, 0.2) is 35.0 Å². The van der Waals surface area contributed by atoms with E-state index in [2.05, 4.69) is 5.32 Å². The Balaban J connectivity index is 2.24. The number of rotatable bonds is 9. The molecule has 0 radical (unpaired) electrons. The fraction of sp³-hybridized carbons (Fsp3) is 0.476. The maximum absolute atomic E-state index is 13.4. The van der Waals surface area contributed by atoms with Crippen LogP contribution in [0.3, 0.4) is 0 Å². The molecule has 2 heterocycles. The highest BCUT2D eigenvalue weighted by atomic mass is 32.1. The molecule has 2 N–H and O–H groups in total. The second kappa shape index (κ2) is 10.6. The fourth-order valence-corrected chi connectivity index (χ4v) is 4.18. The Labute approximate surface area is 184 Å². The van der Waals surface area contributed by atoms with Crippen molar-refractivity contribution in [2.24, 2.45) is 5.92 Å². The Morgan fingerprint density at radius 1 is 1.10 bits per heavy atom. The van der Waals surface area contributed by atoms with Gasteiger partial charge in [-0.05, 0) is 50.1 Å². The first-order valence-electron chi connectivity index (χ1n) is 9.61. The van der Waals surface area contributed by atoms with Crippen molar-refractivity contribution in [1.82, 2.24) is 10.2 Å². The number of alkyl carbamates (subject to hydrolysis) is 1. The number of nitrogens with zero attached hydrogens (tertiary/aromatic N) is 1. The lowest BCUT2D eigenvalue weighted by Gasteiger charge is -2.29. The minimum Gasteiger partial charge on any atom is -0.481 e. The van der Waals surface area contributed by atoms with Gasteiger partial charge in [0.25, 0.3) is 0 Å². The van der Waals surface area contributed by atoms with Gasteiger partial charge in [-0.1, -0.05) is 19.1 Å². The number of carbonyl (C=O) groups is 3. The van der Waals surface area contributed by atoms with Crippen molar-refractivity contribution in [2.45, 2.75) is 58.8 Å². The summed E-state index contributed by atoms with van der Waals surface area (Å²) in [6.45, 7) is 7.45. The number of ether oxygens (including phenoxy) is 1. The Morgan fingerprint density at radius 3 is 2.03 bits per heavy atom. The molecule has 2 amide bonds. The average molecular weight is 453 g/mol. The minimum absolute atomic E-state index is 0.0290. The smallest absolute Gasteiger partial charge is 0.408 e. The molecule has 0 saturated heterocycles. The first-order chi connectivity index (χ1) is 14.0. The SMILES string of the molecule is CC(C[C@H](NC(=O)OC(C)(C)C)C(=O)N(Cc1cccs1)Cc1cccs1)C(=O)O. The topological polar surface area (TPSA) is 95.9 Å². The van der Waals surface area contributed by atoms with Crippen molar-refractivity contribution < 1.29 is 24.2 Å². The van der Waals surface area contributed by atoms with E-state index in [1.165, 1.54) is 29.6 Å². The van der Waals surface area contributed by atoms with Crippen molar-refractivity contribution in [2.75, 3.05) is 0 Å². The van der Waals surface area contributed by atoms with E-state index in [1.54, 1.807) is 25.7 Å². The summed E-state index contributed by atoms with van der Waals surface area (Å²) in [4.78, 5) is 40.8. The molecule has 0 aliphatic heterocycles. The van der Waals surface area contributed by atoms with Crippen LogP contribution in [0.25, 0.3) is 0 Å². The van der Waals surface area contributed by atoms with Crippen molar-refractivity contribution in [3.05, 3.63) is 44.8 Å². The van der Waals surface area contributed by atoms with Gasteiger partial charge in [-0.2, -0.15) is 0 Å². The molecule has 7 nitrogen and oxygen atoms in total. The van der Waals surface area contributed by atoms with Gasteiger partial charge < -0.3 is 20.1 Å². The number of carboxylic acid groups (broad SMARTS) is 1. The van der Waals surface area contributed by atoms with E-state index in [1.807, 2.05) is 35.0 Å². The molecule has 2 aromatic heterocycles. The van der Waals surface area contributed by atoms with Crippen molar-refractivity contribution in [3.8, 4) is 0 Å². The number of nitrogens with one attached hydrogen (secondary N) is 1. The van der Waals surface area contributed by atoms with Gasteiger partial charge in [0.15, 0.2) is 0 Å². The van der Waals surface area contributed by atoms with E-state index in [0.717, 1.165) is 9.75 Å². The van der Waals surface area contributed by atoms with E-state index in [-0.39, 0.29) is 12.3 Å². The van der Waals surface area contributed by atoms with E-state index >= 15 is 0 Å². The molecule has 0 aromatic carbocycles. The third kappa shape index (κ3) is 7.79. The molecular weight excluding hydrogens is 424 g/mol. The number of thiophene rings is 2. The summed E-state index contributed by atoms with van der Waals surface area (Å²) in [7, 11) is 0. The van der Waals surface area contributed by atoms with Crippen LogP contribution in [0.4, 0.5) is 4.79 Å². The molecular formula is C21H28N2O5S2. The Kier molecular flexibility index (Phi) is 8.43. The number of aliphatic carboxylic acids is 1. The van der Waals surface area contributed by atoms with Crippen LogP contribution in [-0.4, -0.2) is 39.6 Å². The van der Waals surface area contributed by atoms with Gasteiger partial charge in [0.1, 0.15) is 11.6 Å². The van der Waals surface area contributed by atoms with Crippen LogP contribution < -0.4 is 5.32 Å². The highest BCUT2D eigenvalue weighted by Crippen LogP contribution is 2.20. The monoisotopic (exact) mass is 452 g/mol. The Hall–Kier alpha value is -2.39. The first-order valence-corrected chi connectivity index (χ1v) is 11.4. The van der Waals surface area contributed by atoms with Crippen LogP contribution in [0.5, 0.6) is 0 Å². The molecule has 0 bridgehead atoms. The lowest BCUT2D eigenvalue weighted by Crippen LogP contribution is -2.50. The molecule has 30 heavy (non-hydrogen) atoms. The highest BCUT2D eigenvalue weighted by Gasteiger charge is 2.31. The number of hydrogen-bond acceptors (Lipinski definition) is 6. The van der Waals surface area contributed by atoms with Gasteiger partial charge in [-0.3, -0.25) is 9.59 Å². The summed E-state index contributed by atoms with van der Waals surface area (Å²) in [5.74, 6) is -2.17. The van der Waals surface area contributed by atoms with Gasteiger partial charge in [0, 0.05) is 9.75 Å². The maximum Gasteiger partial charge on any atom is 0.408 e. The van der Waals surface area contributed by atoms with E-state index in [0.29, 0.717) is 13.1 Å². The van der Waals surface area contributed by atoms with Crippen LogP contribution in [0, 0.1) is 5.92 Å². The lowest BCUT2D eigenvalue weighted by atomic mass is 10.0. The molecule has 0 aliphatic rings. The fourth-order valence-electron chi connectivity index (χ4n) is 2.74. The predicted octanol–water partition coefficient (Wildman–Crippen LogP) is 4.34. The molecule has 2 aromatic rings. The minimum atomic E-state index is -1.03. The van der Waals surface area contributed by atoms with Crippen LogP contribution in [0.1, 0.15) is 43.9 Å². The Morgan fingerprint density at radius 2 is 1.63 bits per heavy atom. The van der Waals surface area contributed by atoms with Crippen molar-refractivity contribution >= 4 is 40.6 Å². The third-order valence-corrected chi connectivity index (χ3v) is 5.89. The summed E-state index contributed by atoms with van der Waals surface area (Å²) < 4.78 is 5.29. The van der Waals surface area contributed by atoms with Gasteiger partial charge in [0.2, 0.25) is 5.91 Å². The zero-order chi connectivity index (χ0) is 22.3. The van der Waals surface area contributed by atoms with Crippen LogP contribution in [-0.2, 0) is 27.4 Å². The molecule has 1 unspecified atom stereocenters. The van der Waals surface area contributed by atoms with E-state index in [4.69, 9.17) is 4.74 Å². The molecule has 0 saturated carbocycles. The zero-order valence-corrected chi connectivity index (χ0v) is 19.2. The second-order valence-corrected chi connectivity index (χ2v) is 10.1. The van der Waals surface area contributed by atoms with Crippen molar-refractivity contribution in [1.29, 1.82) is 0 Å². The van der Waals surface area contributed by atoms with Gasteiger partial charge in [-0.25, -0.2) is 4.79 Å². The van der Waals surface area contributed by atoms with Gasteiger partial charge in [0.05, 0.1) is 19.0 Å². The molecule has 0 fully saturated rings. The number of carboxylic acids is 1. The summed E-state index contributed by atoms with van der Waals surface area (Å²) in [5.41, 5.74) is -0.732. The summed E-state index contributed by atoms with van der Waals surface area (Å²) >= 11 is 3.07. The standard InChI is InChI=1S/C21H28N2O5S2/c1-14(19(25)26)11-17(22-20(27)28-21(2,3)4)18(24)23(12-15-7-5-9-29-15)13-16-8-6-10-30-16/h5-10,14,17H,11-13H2,1-4H3,(H,22,27)(H,25,26)/t14?,17-/m0/s1. The largest absolute Gasteiger partial charge is 0.481 e. The molecule has 2 rings (SSSR count). The summed E-state index contributed by atoms with van der Waals surface area (Å²) in [5, 5.41) is 15.8. The van der Waals surface area contributed by atoms with Crippen molar-refractivity contribution in [3.63, 3.8) is 0 Å². The number of hydrogen-bond donors (Lipinski definition) is 2. The second-order valence-electron chi connectivity index (χ2n) is 8.03. The normalized spacial score (nSPS) is 13.3. The van der Waals surface area contributed by atoms with Gasteiger partial charge >= 0.3 is 12.1 Å². The zero-order valence-electron chi connectivity index (χ0n) is 17.6. The Bertz CT molecular complexity index is 792. The summed E-state index contributed by atoms with van der Waals surface area (Å²) in [6, 6.07) is 6.70. The lowest BCUT2D eigenvalue weighted by molar-refractivity contribution is -0.142. The van der Waals surface area contributed by atoms with Gasteiger partial charge in [-0.15, -0.1) is 22.7 Å². The molecule has 9 heteroatoms. The van der Waals surface area contributed by atoms with Crippen LogP contribution in [0.2, 0.25) is 0 Å². The average Bonchev–Trinajstić information content (AvgIpc) is 3.32. The van der Waals surface area contributed by atoms with Crippen LogP contribution >= 0.6 is 22.7 Å². The van der Waals surface area contributed by atoms with E-state index in [9.17, 15) is 19.5 Å². The maximum atomic E-state index is 13.4. The first kappa shape index (κ1) is 23.9. The highest BCUT2D eigenvalue weighted by molar-refractivity contribution is 7.10. The third-order valence-electron chi connectivity index (χ3n) is 4.17. The van der Waals surface area contributed by atoms with E-state index < -0.39 is 29.6 Å². The quantitative estimate of drug-likeness (QED) is 0.590. The molecule has 164 valence electrons. The number of carbonyl (C=O) groups excluding carboxylic acids is 2. The number of amides is 2. The summed E-state index contributed by atoms with van der Waals surface area (Å²) in [6.07, 6.45) is -0.774. The predicted molar refractivity (Wildman–Crippen MR) is 117 cm³/mol.